The van der Waals surface area contributed by atoms with E-state index in [-0.39, 0.29) is 46.5 Å². The summed E-state index contributed by atoms with van der Waals surface area (Å²) >= 11 is 0. The van der Waals surface area contributed by atoms with E-state index in [0.717, 1.165) is 6.42 Å². The van der Waals surface area contributed by atoms with Gasteiger partial charge in [-0.25, -0.2) is 0 Å². The Bertz CT molecular complexity index is 593. The maximum absolute atomic E-state index is 12.7. The smallest absolute Gasteiger partial charge is 0.387 e. The van der Waals surface area contributed by atoms with Crippen molar-refractivity contribution in [2.24, 2.45) is 11.1 Å². The molecule has 0 radical (unpaired) electrons. The molecule has 1 aliphatic heterocycles. The molecule has 1 aromatic rings. The van der Waals surface area contributed by atoms with Crippen molar-refractivity contribution in [3.63, 3.8) is 0 Å². The SMILES string of the molecule is COc1cc(C(=O)N2CCC(C)(CN)C2)cc(OC)c1OC(F)F.Cl. The number of nitrogens with zero attached hydrogens (tertiary/aromatic N) is 1. The van der Waals surface area contributed by atoms with Gasteiger partial charge in [-0.2, -0.15) is 8.78 Å². The minimum Gasteiger partial charge on any atom is -0.493 e. The van der Waals surface area contributed by atoms with Gasteiger partial charge in [0.2, 0.25) is 5.75 Å². The molecule has 0 aromatic heterocycles. The number of hydrogen-bond donors (Lipinski definition) is 1. The van der Waals surface area contributed by atoms with Crippen LogP contribution in [-0.4, -0.2) is 51.3 Å². The number of benzene rings is 1. The summed E-state index contributed by atoms with van der Waals surface area (Å²) in [5.41, 5.74) is 5.94. The zero-order valence-electron chi connectivity index (χ0n) is 14.4. The zero-order valence-corrected chi connectivity index (χ0v) is 15.2. The van der Waals surface area contributed by atoms with E-state index in [1.807, 2.05) is 6.92 Å². The largest absolute Gasteiger partial charge is 0.493 e. The highest BCUT2D eigenvalue weighted by molar-refractivity contribution is 5.96. The van der Waals surface area contributed by atoms with Crippen LogP contribution in [0.15, 0.2) is 12.1 Å². The standard InChI is InChI=1S/C16H22F2N2O4.ClH/c1-16(8-19)4-5-20(9-16)14(21)10-6-11(22-2)13(24-15(17)18)12(7-10)23-3;/h6-7,15H,4-5,8-9,19H2,1-3H3;1H. The number of rotatable bonds is 6. The van der Waals surface area contributed by atoms with Crippen molar-refractivity contribution in [1.82, 2.24) is 4.90 Å². The molecule has 2 rings (SSSR count). The summed E-state index contributed by atoms with van der Waals surface area (Å²) in [6.45, 7) is 0.624. The fourth-order valence-electron chi connectivity index (χ4n) is 2.75. The molecule has 0 aliphatic carbocycles. The van der Waals surface area contributed by atoms with Gasteiger partial charge in [0, 0.05) is 18.7 Å². The quantitative estimate of drug-likeness (QED) is 0.821. The second-order valence-electron chi connectivity index (χ2n) is 6.08. The van der Waals surface area contributed by atoms with Crippen LogP contribution in [0.5, 0.6) is 17.2 Å². The van der Waals surface area contributed by atoms with Crippen LogP contribution in [0, 0.1) is 5.41 Å². The van der Waals surface area contributed by atoms with Crippen molar-refractivity contribution in [2.45, 2.75) is 20.0 Å². The van der Waals surface area contributed by atoms with Gasteiger partial charge in [0.25, 0.3) is 5.91 Å². The van der Waals surface area contributed by atoms with Crippen LogP contribution in [0.2, 0.25) is 0 Å². The van der Waals surface area contributed by atoms with Crippen molar-refractivity contribution in [2.75, 3.05) is 33.9 Å². The predicted molar refractivity (Wildman–Crippen MR) is 91.1 cm³/mol. The lowest BCUT2D eigenvalue weighted by Crippen LogP contribution is -2.34. The van der Waals surface area contributed by atoms with Gasteiger partial charge < -0.3 is 24.8 Å². The molecule has 1 unspecified atom stereocenters. The van der Waals surface area contributed by atoms with Crippen LogP contribution in [0.1, 0.15) is 23.7 Å². The topological polar surface area (TPSA) is 74.0 Å². The van der Waals surface area contributed by atoms with Gasteiger partial charge in [0.05, 0.1) is 14.2 Å². The first kappa shape index (κ1) is 21.2. The average Bonchev–Trinajstić information content (AvgIpc) is 2.96. The van der Waals surface area contributed by atoms with E-state index in [1.54, 1.807) is 4.90 Å². The molecule has 0 bridgehead atoms. The first-order valence-electron chi connectivity index (χ1n) is 7.53. The van der Waals surface area contributed by atoms with E-state index in [9.17, 15) is 13.6 Å². The van der Waals surface area contributed by atoms with Gasteiger partial charge in [0.15, 0.2) is 11.5 Å². The molecule has 142 valence electrons. The minimum absolute atomic E-state index is 0. The summed E-state index contributed by atoms with van der Waals surface area (Å²) in [5, 5.41) is 0. The number of carbonyl (C=O) groups excluding carboxylic acids is 1. The minimum atomic E-state index is -3.03. The molecule has 0 saturated carbocycles. The normalized spacial score (nSPS) is 19.6. The third-order valence-electron chi connectivity index (χ3n) is 4.25. The van der Waals surface area contributed by atoms with Gasteiger partial charge in [-0.1, -0.05) is 6.92 Å². The first-order valence-corrected chi connectivity index (χ1v) is 7.53. The van der Waals surface area contributed by atoms with E-state index >= 15 is 0 Å². The molecule has 2 N–H and O–H groups in total. The Balaban J connectivity index is 0.00000312. The predicted octanol–water partition coefficient (Wildman–Crippen LogP) is 2.54. The number of nitrogens with two attached hydrogens (primary N) is 1. The van der Waals surface area contributed by atoms with Crippen molar-refractivity contribution in [1.29, 1.82) is 0 Å². The fraction of sp³-hybridized carbons (Fsp3) is 0.562. The van der Waals surface area contributed by atoms with E-state index in [2.05, 4.69) is 4.74 Å². The van der Waals surface area contributed by atoms with E-state index < -0.39 is 6.61 Å². The van der Waals surface area contributed by atoms with Crippen LogP contribution in [-0.2, 0) is 0 Å². The Kier molecular flexibility index (Phi) is 7.25. The highest BCUT2D eigenvalue weighted by atomic mass is 35.5. The summed E-state index contributed by atoms with van der Waals surface area (Å²) < 4.78 is 39.7. The Morgan fingerprint density at radius 1 is 1.32 bits per heavy atom. The highest BCUT2D eigenvalue weighted by Gasteiger charge is 2.35. The van der Waals surface area contributed by atoms with Gasteiger partial charge >= 0.3 is 6.61 Å². The third kappa shape index (κ3) is 4.64. The molecule has 0 spiro atoms. The molecule has 1 amide bonds. The molecule has 25 heavy (non-hydrogen) atoms. The summed E-state index contributed by atoms with van der Waals surface area (Å²) in [4.78, 5) is 14.4. The first-order chi connectivity index (χ1) is 11.3. The lowest BCUT2D eigenvalue weighted by molar-refractivity contribution is -0.0526. The molecular weight excluding hydrogens is 358 g/mol. The van der Waals surface area contributed by atoms with Crippen molar-refractivity contribution in [3.05, 3.63) is 17.7 Å². The van der Waals surface area contributed by atoms with Crippen molar-refractivity contribution < 1.29 is 27.8 Å². The number of ether oxygens (including phenoxy) is 3. The maximum atomic E-state index is 12.7. The van der Waals surface area contributed by atoms with Crippen LogP contribution in [0.25, 0.3) is 0 Å². The van der Waals surface area contributed by atoms with Gasteiger partial charge in [0.1, 0.15) is 0 Å². The van der Waals surface area contributed by atoms with E-state index in [0.29, 0.717) is 19.6 Å². The zero-order chi connectivity index (χ0) is 17.9. The second-order valence-corrected chi connectivity index (χ2v) is 6.08. The number of amides is 1. The van der Waals surface area contributed by atoms with E-state index in [4.69, 9.17) is 15.2 Å². The second kappa shape index (κ2) is 8.53. The molecule has 1 aliphatic rings. The summed E-state index contributed by atoms with van der Waals surface area (Å²) in [5.74, 6) is -0.440. The molecule has 1 aromatic carbocycles. The van der Waals surface area contributed by atoms with Gasteiger partial charge in [-0.3, -0.25) is 4.79 Å². The molecule has 9 heteroatoms. The lowest BCUT2D eigenvalue weighted by Gasteiger charge is -2.23. The number of likely N-dealkylation sites (tertiary alicyclic amines) is 1. The van der Waals surface area contributed by atoms with Gasteiger partial charge in [-0.05, 0) is 30.5 Å². The summed E-state index contributed by atoms with van der Waals surface area (Å²) in [7, 11) is 2.62. The summed E-state index contributed by atoms with van der Waals surface area (Å²) in [6, 6.07) is 2.75. The molecule has 1 heterocycles. The van der Waals surface area contributed by atoms with Crippen LogP contribution >= 0.6 is 12.4 Å². The molecular formula is C16H23ClF2N2O4. The Labute approximate surface area is 151 Å². The molecule has 1 fully saturated rings. The number of hydrogen-bond acceptors (Lipinski definition) is 5. The van der Waals surface area contributed by atoms with Crippen LogP contribution < -0.4 is 19.9 Å². The van der Waals surface area contributed by atoms with Crippen molar-refractivity contribution >= 4 is 18.3 Å². The Morgan fingerprint density at radius 3 is 2.28 bits per heavy atom. The summed E-state index contributed by atoms with van der Waals surface area (Å²) in [6.07, 6.45) is 0.816. The number of carbonyl (C=O) groups is 1. The third-order valence-corrected chi connectivity index (χ3v) is 4.25. The fourth-order valence-corrected chi connectivity index (χ4v) is 2.75. The van der Waals surface area contributed by atoms with Crippen LogP contribution in [0.3, 0.4) is 0 Å². The Morgan fingerprint density at radius 2 is 1.88 bits per heavy atom. The molecule has 6 nitrogen and oxygen atoms in total. The van der Waals surface area contributed by atoms with E-state index in [1.165, 1.54) is 26.4 Å². The molecule has 1 saturated heterocycles. The Hall–Kier alpha value is -1.80. The molecule has 1 atom stereocenters. The van der Waals surface area contributed by atoms with Gasteiger partial charge in [-0.15, -0.1) is 12.4 Å². The lowest BCUT2D eigenvalue weighted by atomic mass is 9.90. The maximum Gasteiger partial charge on any atom is 0.387 e. The van der Waals surface area contributed by atoms with Crippen molar-refractivity contribution in [3.8, 4) is 17.2 Å². The number of alkyl halides is 2. The van der Waals surface area contributed by atoms with Crippen LogP contribution in [0.4, 0.5) is 8.78 Å². The number of methoxy groups -OCH3 is 2. The highest BCUT2D eigenvalue weighted by Crippen LogP contribution is 2.40. The monoisotopic (exact) mass is 380 g/mol. The number of halogens is 3. The average molecular weight is 381 g/mol.